The molecule has 1 atom stereocenters. The van der Waals surface area contributed by atoms with E-state index in [1.165, 1.54) is 0 Å². The Bertz CT molecular complexity index is 572. The molecular weight excluding hydrogens is 284 g/mol. The molecule has 0 radical (unpaired) electrons. The van der Waals surface area contributed by atoms with Crippen molar-refractivity contribution in [3.05, 3.63) is 0 Å². The molecule has 2 saturated carbocycles. The predicted octanol–water partition coefficient (Wildman–Crippen LogP) is 0.659. The fourth-order valence-corrected chi connectivity index (χ4v) is 3.49. The number of hydrogen-bond acceptors (Lipinski definition) is 4. The van der Waals surface area contributed by atoms with Crippen molar-refractivity contribution in [2.75, 3.05) is 6.54 Å². The van der Waals surface area contributed by atoms with Gasteiger partial charge < -0.3 is 10.6 Å². The molecule has 3 aliphatic rings. The number of urea groups is 1. The highest BCUT2D eigenvalue weighted by Gasteiger charge is 2.56. The predicted molar refractivity (Wildman–Crippen MR) is 76.3 cm³/mol. The summed E-state index contributed by atoms with van der Waals surface area (Å²) in [5.74, 6) is -0.628. The Morgan fingerprint density at radius 1 is 1.41 bits per heavy atom. The molecule has 2 N–H and O–H groups in total. The Morgan fingerprint density at radius 2 is 2.05 bits per heavy atom. The molecule has 0 aromatic rings. The van der Waals surface area contributed by atoms with Crippen LogP contribution in [0.15, 0.2) is 0 Å². The first-order chi connectivity index (χ1) is 10.4. The van der Waals surface area contributed by atoms with E-state index in [0.29, 0.717) is 12.8 Å². The molecule has 3 rings (SSSR count). The van der Waals surface area contributed by atoms with E-state index in [-0.39, 0.29) is 18.4 Å². The summed E-state index contributed by atoms with van der Waals surface area (Å²) in [4.78, 5) is 37.6. The number of nitriles is 1. The van der Waals surface area contributed by atoms with Crippen molar-refractivity contribution in [2.24, 2.45) is 5.92 Å². The zero-order chi connectivity index (χ0) is 16.0. The van der Waals surface area contributed by atoms with Gasteiger partial charge >= 0.3 is 6.03 Å². The molecular formula is C15H20N4O3. The van der Waals surface area contributed by atoms with Crippen molar-refractivity contribution < 1.29 is 14.4 Å². The van der Waals surface area contributed by atoms with Crippen LogP contribution in [-0.4, -0.2) is 40.4 Å². The number of imide groups is 1. The van der Waals surface area contributed by atoms with Crippen molar-refractivity contribution in [3.63, 3.8) is 0 Å². The van der Waals surface area contributed by atoms with E-state index in [9.17, 15) is 19.6 Å². The molecule has 0 spiro atoms. The van der Waals surface area contributed by atoms with Gasteiger partial charge in [-0.15, -0.1) is 0 Å². The summed E-state index contributed by atoms with van der Waals surface area (Å²) in [7, 11) is 0. The number of rotatable bonds is 4. The molecule has 1 heterocycles. The maximum absolute atomic E-state index is 12.4. The highest BCUT2D eigenvalue weighted by atomic mass is 16.2. The maximum Gasteiger partial charge on any atom is 0.325 e. The minimum absolute atomic E-state index is 0.164. The third kappa shape index (κ3) is 2.32. The SMILES string of the molecule is C[C@@]1(C2CC2)NC(=O)N(CC(=O)NC2(C#N)CCCC2)C1=O. The summed E-state index contributed by atoms with van der Waals surface area (Å²) in [6.07, 6.45) is 4.87. The van der Waals surface area contributed by atoms with E-state index in [1.54, 1.807) is 6.92 Å². The molecule has 0 bridgehead atoms. The zero-order valence-electron chi connectivity index (χ0n) is 12.6. The first-order valence-corrected chi connectivity index (χ1v) is 7.77. The summed E-state index contributed by atoms with van der Waals surface area (Å²) in [5.41, 5.74) is -1.71. The molecule has 0 aromatic carbocycles. The molecule has 0 unspecified atom stereocenters. The average Bonchev–Trinajstić information content (AvgIpc) is 3.21. The summed E-state index contributed by atoms with van der Waals surface area (Å²) in [5, 5.41) is 14.7. The van der Waals surface area contributed by atoms with Gasteiger partial charge in [-0.3, -0.25) is 14.5 Å². The standard InChI is InChI=1S/C15H20N4O3/c1-14(10-4-5-10)12(21)19(13(22)18-14)8-11(20)17-15(9-16)6-2-3-7-15/h10H,2-8H2,1H3,(H,17,20)(H,18,22)/t14-/m0/s1. The first-order valence-electron chi connectivity index (χ1n) is 7.77. The van der Waals surface area contributed by atoms with Crippen LogP contribution in [0.3, 0.4) is 0 Å². The normalized spacial score (nSPS) is 30.1. The second-order valence-electron chi connectivity index (χ2n) is 6.75. The van der Waals surface area contributed by atoms with Gasteiger partial charge in [0.05, 0.1) is 6.07 Å². The van der Waals surface area contributed by atoms with Crippen LogP contribution in [0.4, 0.5) is 4.79 Å². The van der Waals surface area contributed by atoms with Gasteiger partial charge in [-0.2, -0.15) is 5.26 Å². The number of nitrogens with one attached hydrogen (secondary N) is 2. The Balaban J connectivity index is 1.65. The number of amides is 4. The molecule has 1 saturated heterocycles. The van der Waals surface area contributed by atoms with Gasteiger partial charge in [-0.05, 0) is 51.4 Å². The monoisotopic (exact) mass is 304 g/mol. The number of nitrogens with zero attached hydrogens (tertiary/aromatic N) is 2. The smallest absolute Gasteiger partial charge is 0.325 e. The van der Waals surface area contributed by atoms with Crippen molar-refractivity contribution in [2.45, 2.75) is 56.5 Å². The molecule has 118 valence electrons. The number of carbonyl (C=O) groups is 3. The van der Waals surface area contributed by atoms with Gasteiger partial charge in [0.25, 0.3) is 5.91 Å². The number of hydrogen-bond donors (Lipinski definition) is 2. The van der Waals surface area contributed by atoms with Gasteiger partial charge in [-0.1, -0.05) is 0 Å². The Hall–Kier alpha value is -2.10. The lowest BCUT2D eigenvalue weighted by molar-refractivity contribution is -0.135. The highest BCUT2D eigenvalue weighted by Crippen LogP contribution is 2.42. The van der Waals surface area contributed by atoms with Crippen molar-refractivity contribution in [1.82, 2.24) is 15.5 Å². The van der Waals surface area contributed by atoms with Gasteiger partial charge in [0, 0.05) is 0 Å². The van der Waals surface area contributed by atoms with E-state index in [4.69, 9.17) is 0 Å². The van der Waals surface area contributed by atoms with Crippen LogP contribution in [0.1, 0.15) is 45.4 Å². The minimum Gasteiger partial charge on any atom is -0.336 e. The largest absolute Gasteiger partial charge is 0.336 e. The van der Waals surface area contributed by atoms with Gasteiger partial charge in [-0.25, -0.2) is 4.79 Å². The Labute approximate surface area is 129 Å². The summed E-state index contributed by atoms with van der Waals surface area (Å²) >= 11 is 0. The van der Waals surface area contributed by atoms with Crippen molar-refractivity contribution >= 4 is 17.8 Å². The van der Waals surface area contributed by atoms with Crippen LogP contribution >= 0.6 is 0 Å². The van der Waals surface area contributed by atoms with Crippen LogP contribution in [-0.2, 0) is 9.59 Å². The average molecular weight is 304 g/mol. The lowest BCUT2D eigenvalue weighted by atomic mass is 9.96. The maximum atomic E-state index is 12.4. The van der Waals surface area contributed by atoms with E-state index in [0.717, 1.165) is 30.6 Å². The molecule has 7 heteroatoms. The first kappa shape index (κ1) is 14.8. The van der Waals surface area contributed by atoms with Crippen LogP contribution < -0.4 is 10.6 Å². The Kier molecular flexibility index (Phi) is 3.35. The van der Waals surface area contributed by atoms with E-state index in [1.807, 2.05) is 0 Å². The van der Waals surface area contributed by atoms with Crippen molar-refractivity contribution in [1.29, 1.82) is 5.26 Å². The topological polar surface area (TPSA) is 102 Å². The van der Waals surface area contributed by atoms with Crippen LogP contribution in [0.2, 0.25) is 0 Å². The molecule has 4 amide bonds. The molecule has 3 fully saturated rings. The second-order valence-corrected chi connectivity index (χ2v) is 6.75. The van der Waals surface area contributed by atoms with Gasteiger partial charge in [0.2, 0.25) is 5.91 Å². The minimum atomic E-state index is -0.877. The molecule has 1 aliphatic heterocycles. The van der Waals surface area contributed by atoms with E-state index in [2.05, 4.69) is 16.7 Å². The van der Waals surface area contributed by atoms with Gasteiger partial charge in [0.1, 0.15) is 17.6 Å². The molecule has 2 aliphatic carbocycles. The quantitative estimate of drug-likeness (QED) is 0.745. The van der Waals surface area contributed by atoms with E-state index >= 15 is 0 Å². The summed E-state index contributed by atoms with van der Waals surface area (Å²) < 4.78 is 0. The molecule has 0 aromatic heterocycles. The lowest BCUT2D eigenvalue weighted by Gasteiger charge is -2.24. The van der Waals surface area contributed by atoms with Crippen molar-refractivity contribution in [3.8, 4) is 6.07 Å². The summed E-state index contributed by atoms with van der Waals surface area (Å²) in [6.45, 7) is 1.40. The third-order valence-electron chi connectivity index (χ3n) is 5.05. The fourth-order valence-electron chi connectivity index (χ4n) is 3.49. The highest BCUT2D eigenvalue weighted by molar-refractivity contribution is 6.09. The Morgan fingerprint density at radius 3 is 2.59 bits per heavy atom. The van der Waals surface area contributed by atoms with E-state index < -0.39 is 23.0 Å². The molecule has 22 heavy (non-hydrogen) atoms. The third-order valence-corrected chi connectivity index (χ3v) is 5.05. The van der Waals surface area contributed by atoms with Crippen LogP contribution in [0.25, 0.3) is 0 Å². The number of carbonyl (C=O) groups excluding carboxylic acids is 3. The molecule has 7 nitrogen and oxygen atoms in total. The zero-order valence-corrected chi connectivity index (χ0v) is 12.6. The van der Waals surface area contributed by atoms with Crippen LogP contribution in [0, 0.1) is 17.2 Å². The van der Waals surface area contributed by atoms with Gasteiger partial charge in [0.15, 0.2) is 0 Å². The lowest BCUT2D eigenvalue weighted by Crippen LogP contribution is -2.51. The summed E-state index contributed by atoms with van der Waals surface area (Å²) in [6, 6.07) is 1.64. The van der Waals surface area contributed by atoms with Crippen LogP contribution in [0.5, 0.6) is 0 Å². The fraction of sp³-hybridized carbons (Fsp3) is 0.733. The second kappa shape index (κ2) is 4.97.